The first-order chi connectivity index (χ1) is 14.5. The lowest BCUT2D eigenvalue weighted by molar-refractivity contribution is -0.116. The second-order valence-electron chi connectivity index (χ2n) is 7.25. The van der Waals surface area contributed by atoms with Crippen LogP contribution in [0.1, 0.15) is 24.7 Å². The zero-order valence-electron chi connectivity index (χ0n) is 17.2. The summed E-state index contributed by atoms with van der Waals surface area (Å²) < 4.78 is 16.8. The van der Waals surface area contributed by atoms with Crippen LogP contribution in [-0.2, 0) is 17.9 Å². The summed E-state index contributed by atoms with van der Waals surface area (Å²) in [5.41, 5.74) is 4.13. The van der Waals surface area contributed by atoms with Gasteiger partial charge in [0.25, 0.3) is 0 Å². The number of benzene rings is 1. The van der Waals surface area contributed by atoms with Gasteiger partial charge in [-0.25, -0.2) is 14.1 Å². The molecular formula is C22H23FN6O. The molecule has 0 radical (unpaired) electrons. The van der Waals surface area contributed by atoms with Gasteiger partial charge in [-0.05, 0) is 49.6 Å². The van der Waals surface area contributed by atoms with Gasteiger partial charge >= 0.3 is 0 Å². The highest BCUT2D eigenvalue weighted by Gasteiger charge is 2.16. The number of rotatable bonds is 6. The molecule has 3 heterocycles. The molecule has 0 unspecified atom stereocenters. The minimum Gasteiger partial charge on any atom is -0.308 e. The third kappa shape index (κ3) is 3.80. The molecule has 0 atom stereocenters. The zero-order valence-corrected chi connectivity index (χ0v) is 17.2. The van der Waals surface area contributed by atoms with Gasteiger partial charge in [0, 0.05) is 29.9 Å². The third-order valence-electron chi connectivity index (χ3n) is 4.94. The molecule has 0 saturated heterocycles. The zero-order chi connectivity index (χ0) is 21.3. The maximum absolute atomic E-state index is 13.3. The molecule has 0 saturated carbocycles. The molecule has 0 bridgehead atoms. The maximum atomic E-state index is 13.3. The van der Waals surface area contributed by atoms with Gasteiger partial charge in [0.15, 0.2) is 11.5 Å². The van der Waals surface area contributed by atoms with E-state index < -0.39 is 0 Å². The summed E-state index contributed by atoms with van der Waals surface area (Å²) in [5.74, 6) is 0.0124. The van der Waals surface area contributed by atoms with E-state index in [1.807, 2.05) is 30.7 Å². The lowest BCUT2D eigenvalue weighted by Gasteiger charge is -2.06. The van der Waals surface area contributed by atoms with Gasteiger partial charge in [-0.3, -0.25) is 9.48 Å². The molecule has 0 fully saturated rings. The maximum Gasteiger partial charge on any atom is 0.247 e. The first kappa shape index (κ1) is 19.8. The number of amides is 1. The fourth-order valence-electron chi connectivity index (χ4n) is 3.59. The highest BCUT2D eigenvalue weighted by atomic mass is 19.1. The van der Waals surface area contributed by atoms with Gasteiger partial charge in [0.05, 0.1) is 5.69 Å². The van der Waals surface area contributed by atoms with Crippen molar-refractivity contribution in [3.05, 3.63) is 59.8 Å². The number of nitrogens with one attached hydrogen (secondary N) is 1. The van der Waals surface area contributed by atoms with Crippen molar-refractivity contribution in [2.45, 2.75) is 40.3 Å². The Morgan fingerprint density at radius 1 is 1.10 bits per heavy atom. The number of aromatic nitrogens is 5. The highest BCUT2D eigenvalue weighted by molar-refractivity contribution is 5.96. The Morgan fingerprint density at radius 2 is 1.87 bits per heavy atom. The average molecular weight is 406 g/mol. The predicted octanol–water partition coefficient (Wildman–Crippen LogP) is 4.10. The molecule has 0 aliphatic heterocycles. The van der Waals surface area contributed by atoms with Crippen molar-refractivity contribution in [3.63, 3.8) is 0 Å². The van der Waals surface area contributed by atoms with E-state index in [4.69, 9.17) is 0 Å². The molecule has 0 spiro atoms. The number of anilines is 1. The van der Waals surface area contributed by atoms with Gasteiger partial charge in [0.1, 0.15) is 12.4 Å². The van der Waals surface area contributed by atoms with E-state index in [0.29, 0.717) is 11.5 Å². The number of halogens is 1. The van der Waals surface area contributed by atoms with Gasteiger partial charge in [-0.1, -0.05) is 19.1 Å². The van der Waals surface area contributed by atoms with Crippen molar-refractivity contribution in [2.75, 3.05) is 5.32 Å². The van der Waals surface area contributed by atoms with Crippen LogP contribution in [0.5, 0.6) is 0 Å². The normalized spacial score (nSPS) is 11.2. The smallest absolute Gasteiger partial charge is 0.247 e. The molecule has 7 nitrogen and oxygen atoms in total. The van der Waals surface area contributed by atoms with Crippen LogP contribution in [0, 0.1) is 19.7 Å². The third-order valence-corrected chi connectivity index (χ3v) is 4.94. The monoisotopic (exact) mass is 406 g/mol. The number of pyridine rings is 1. The van der Waals surface area contributed by atoms with Crippen LogP contribution >= 0.6 is 0 Å². The fraction of sp³-hybridized carbons (Fsp3) is 0.273. The Kier molecular flexibility index (Phi) is 5.31. The number of carbonyl (C=O) groups is 1. The van der Waals surface area contributed by atoms with Crippen molar-refractivity contribution >= 4 is 22.8 Å². The Morgan fingerprint density at radius 3 is 2.60 bits per heavy atom. The lowest BCUT2D eigenvalue weighted by atomic mass is 10.0. The molecular weight excluding hydrogens is 383 g/mol. The second-order valence-corrected chi connectivity index (χ2v) is 7.25. The molecule has 4 aromatic rings. The highest BCUT2D eigenvalue weighted by Crippen LogP contribution is 2.29. The van der Waals surface area contributed by atoms with E-state index in [1.54, 1.807) is 23.0 Å². The number of nitrogens with zero attached hydrogens (tertiary/aromatic N) is 5. The average Bonchev–Trinajstić information content (AvgIpc) is 3.22. The Bertz CT molecular complexity index is 1210. The van der Waals surface area contributed by atoms with E-state index in [-0.39, 0.29) is 18.3 Å². The molecule has 4 rings (SSSR count). The SMILES string of the molecule is CCCn1nc(NC(=O)Cn2nc(C)c3c(-c4ccc(F)cc4)ccnc32)cc1C. The molecule has 1 aromatic carbocycles. The summed E-state index contributed by atoms with van der Waals surface area (Å²) in [6.07, 6.45) is 2.64. The summed E-state index contributed by atoms with van der Waals surface area (Å²) in [6, 6.07) is 10.0. The number of aryl methyl sites for hydroxylation is 3. The van der Waals surface area contributed by atoms with E-state index in [0.717, 1.165) is 40.9 Å². The summed E-state index contributed by atoms with van der Waals surface area (Å²) in [5, 5.41) is 12.6. The van der Waals surface area contributed by atoms with E-state index in [9.17, 15) is 9.18 Å². The van der Waals surface area contributed by atoms with Crippen LogP contribution in [0.3, 0.4) is 0 Å². The Labute approximate surface area is 173 Å². The molecule has 1 N–H and O–H groups in total. The molecule has 0 aliphatic rings. The number of hydrogen-bond donors (Lipinski definition) is 1. The molecule has 3 aromatic heterocycles. The molecule has 1 amide bonds. The predicted molar refractivity (Wildman–Crippen MR) is 114 cm³/mol. The first-order valence-electron chi connectivity index (χ1n) is 9.88. The van der Waals surface area contributed by atoms with Crippen LogP contribution in [0.4, 0.5) is 10.2 Å². The van der Waals surface area contributed by atoms with Gasteiger partial charge in [-0.2, -0.15) is 10.2 Å². The quantitative estimate of drug-likeness (QED) is 0.523. The van der Waals surface area contributed by atoms with Crippen LogP contribution in [-0.4, -0.2) is 30.5 Å². The molecule has 30 heavy (non-hydrogen) atoms. The van der Waals surface area contributed by atoms with E-state index in [1.165, 1.54) is 12.1 Å². The van der Waals surface area contributed by atoms with Gasteiger partial charge in [0.2, 0.25) is 5.91 Å². The second kappa shape index (κ2) is 8.06. The molecule has 0 aliphatic carbocycles. The number of hydrogen-bond acceptors (Lipinski definition) is 4. The largest absolute Gasteiger partial charge is 0.308 e. The topological polar surface area (TPSA) is 77.6 Å². The lowest BCUT2D eigenvalue weighted by Crippen LogP contribution is -2.20. The van der Waals surface area contributed by atoms with Crippen LogP contribution in [0.25, 0.3) is 22.2 Å². The van der Waals surface area contributed by atoms with Crippen molar-refractivity contribution in [3.8, 4) is 11.1 Å². The summed E-state index contributed by atoms with van der Waals surface area (Å²) in [4.78, 5) is 17.1. The first-order valence-corrected chi connectivity index (χ1v) is 9.88. The van der Waals surface area contributed by atoms with Crippen molar-refractivity contribution in [2.24, 2.45) is 0 Å². The van der Waals surface area contributed by atoms with E-state index in [2.05, 4.69) is 27.4 Å². The van der Waals surface area contributed by atoms with Crippen LogP contribution in [0.15, 0.2) is 42.6 Å². The summed E-state index contributed by atoms with van der Waals surface area (Å²) >= 11 is 0. The van der Waals surface area contributed by atoms with Gasteiger partial charge in [-0.15, -0.1) is 0 Å². The van der Waals surface area contributed by atoms with Crippen molar-refractivity contribution in [1.82, 2.24) is 24.5 Å². The van der Waals surface area contributed by atoms with E-state index >= 15 is 0 Å². The number of carbonyl (C=O) groups excluding carboxylic acids is 1. The standard InChI is InChI=1S/C22H23FN6O/c1-4-11-28-14(2)12-19(27-28)25-20(30)13-29-22-21(15(3)26-29)18(9-10-24-22)16-5-7-17(23)8-6-16/h5-10,12H,4,11,13H2,1-3H3,(H,25,27,30). The van der Waals surface area contributed by atoms with Gasteiger partial charge < -0.3 is 5.32 Å². The molecule has 154 valence electrons. The summed E-state index contributed by atoms with van der Waals surface area (Å²) in [6.45, 7) is 6.74. The number of fused-ring (bicyclic) bond motifs is 1. The fourth-order valence-corrected chi connectivity index (χ4v) is 3.59. The van der Waals surface area contributed by atoms with Crippen LogP contribution < -0.4 is 5.32 Å². The summed E-state index contributed by atoms with van der Waals surface area (Å²) in [7, 11) is 0. The van der Waals surface area contributed by atoms with Crippen molar-refractivity contribution < 1.29 is 9.18 Å². The minimum absolute atomic E-state index is 0.0178. The van der Waals surface area contributed by atoms with Crippen LogP contribution in [0.2, 0.25) is 0 Å². The Balaban J connectivity index is 1.60. The minimum atomic E-state index is -0.287. The molecule has 8 heteroatoms. The Hall–Kier alpha value is -3.55. The van der Waals surface area contributed by atoms with Crippen molar-refractivity contribution in [1.29, 1.82) is 0 Å².